The van der Waals surface area contributed by atoms with Crippen molar-refractivity contribution in [1.82, 2.24) is 0 Å². The Morgan fingerprint density at radius 1 is 1.29 bits per heavy atom. The van der Waals surface area contributed by atoms with Crippen LogP contribution in [0.3, 0.4) is 0 Å². The molecule has 0 saturated carbocycles. The fourth-order valence-corrected chi connectivity index (χ4v) is 3.73. The van der Waals surface area contributed by atoms with Crippen molar-refractivity contribution in [3.05, 3.63) is 0 Å². The van der Waals surface area contributed by atoms with Crippen LogP contribution in [-0.2, 0) is 23.1 Å². The number of carbonyl (C=O) groups is 1. The second-order valence-electron chi connectivity index (χ2n) is 2.13. The van der Waals surface area contributed by atoms with Crippen molar-refractivity contribution in [2.75, 3.05) is 26.1 Å². The maximum absolute atomic E-state index is 11.7. The summed E-state index contributed by atoms with van der Waals surface area (Å²) in [5, 5.41) is 0. The van der Waals surface area contributed by atoms with Crippen LogP contribution in [0.25, 0.3) is 0 Å². The highest BCUT2D eigenvalue weighted by molar-refractivity contribution is 8.55. The van der Waals surface area contributed by atoms with Gasteiger partial charge in [0.25, 0.3) is 0 Å². The second kappa shape index (κ2) is 7.29. The van der Waals surface area contributed by atoms with E-state index in [1.54, 1.807) is 13.8 Å². The number of carbonyl (C=O) groups excluding carboxylic acids is 1. The largest absolute Gasteiger partial charge is 0.468 e. The molecular formula is C7H15O5PS. The van der Waals surface area contributed by atoms with Gasteiger partial charge in [-0.05, 0) is 25.2 Å². The van der Waals surface area contributed by atoms with Gasteiger partial charge in [-0.2, -0.15) is 0 Å². The fraction of sp³-hybridized carbons (Fsp3) is 0.857. The van der Waals surface area contributed by atoms with Crippen LogP contribution in [0.15, 0.2) is 0 Å². The van der Waals surface area contributed by atoms with E-state index in [2.05, 4.69) is 4.74 Å². The second-order valence-corrected chi connectivity index (χ2v) is 6.21. The smallest absolute Gasteiger partial charge is 0.389 e. The van der Waals surface area contributed by atoms with Crippen LogP contribution in [0.1, 0.15) is 13.8 Å². The Labute approximate surface area is 87.8 Å². The van der Waals surface area contributed by atoms with Crippen molar-refractivity contribution >= 4 is 24.1 Å². The van der Waals surface area contributed by atoms with Crippen molar-refractivity contribution in [3.8, 4) is 0 Å². The van der Waals surface area contributed by atoms with E-state index >= 15 is 0 Å². The Hall–Kier alpha value is -0.0300. The lowest BCUT2D eigenvalue weighted by molar-refractivity contribution is -0.137. The fourth-order valence-electron chi connectivity index (χ4n) is 0.619. The van der Waals surface area contributed by atoms with E-state index in [1.807, 2.05) is 0 Å². The molecule has 0 aromatic carbocycles. The first-order valence-corrected chi connectivity index (χ1v) is 7.31. The third kappa shape index (κ3) is 5.65. The van der Waals surface area contributed by atoms with Gasteiger partial charge < -0.3 is 13.8 Å². The first-order chi connectivity index (χ1) is 6.58. The number of hydrogen-bond donors (Lipinski definition) is 0. The zero-order chi connectivity index (χ0) is 11.0. The van der Waals surface area contributed by atoms with Crippen molar-refractivity contribution < 1.29 is 23.1 Å². The molecule has 0 fully saturated rings. The molecule has 0 saturated heterocycles. The zero-order valence-electron chi connectivity index (χ0n) is 8.52. The molecule has 7 heteroatoms. The Bertz CT molecular complexity index is 210. The molecule has 0 unspecified atom stereocenters. The topological polar surface area (TPSA) is 61.8 Å². The van der Waals surface area contributed by atoms with Crippen molar-refractivity contribution in [2.45, 2.75) is 13.8 Å². The molecule has 0 aliphatic carbocycles. The molecule has 84 valence electrons. The summed E-state index contributed by atoms with van der Waals surface area (Å²) >= 11 is 0.842. The summed E-state index contributed by atoms with van der Waals surface area (Å²) in [6.07, 6.45) is 0. The van der Waals surface area contributed by atoms with Crippen LogP contribution in [-0.4, -0.2) is 32.0 Å². The molecule has 0 rings (SSSR count). The summed E-state index contributed by atoms with van der Waals surface area (Å²) in [6, 6.07) is 0. The number of rotatable bonds is 7. The number of ether oxygens (including phenoxy) is 1. The summed E-state index contributed by atoms with van der Waals surface area (Å²) in [4.78, 5) is 10.8. The Balaban J connectivity index is 4.08. The van der Waals surface area contributed by atoms with Gasteiger partial charge in [0.1, 0.15) is 5.75 Å². The van der Waals surface area contributed by atoms with Gasteiger partial charge in [-0.15, -0.1) is 0 Å². The normalized spacial score (nSPS) is 11.4. The first kappa shape index (κ1) is 14.0. The predicted molar refractivity (Wildman–Crippen MR) is 55.3 cm³/mol. The number of methoxy groups -OCH3 is 1. The van der Waals surface area contributed by atoms with E-state index in [0.717, 1.165) is 11.4 Å². The van der Waals surface area contributed by atoms with Gasteiger partial charge in [-0.3, -0.25) is 4.79 Å². The van der Waals surface area contributed by atoms with Crippen LogP contribution < -0.4 is 0 Å². The summed E-state index contributed by atoms with van der Waals surface area (Å²) < 4.78 is 26.1. The van der Waals surface area contributed by atoms with Crippen molar-refractivity contribution in [1.29, 1.82) is 0 Å². The molecule has 0 heterocycles. The van der Waals surface area contributed by atoms with Gasteiger partial charge in [-0.25, -0.2) is 4.57 Å². The third-order valence-corrected chi connectivity index (χ3v) is 4.94. The molecule has 0 aromatic rings. The quantitative estimate of drug-likeness (QED) is 0.503. The standard InChI is InChI=1S/C7H15O5PS/c1-4-11-13(9,12-5-2)14-6-7(8)10-3/h4-6H2,1-3H3. The SMILES string of the molecule is CCOP(=O)(OCC)SCC(=O)OC. The van der Waals surface area contributed by atoms with E-state index in [-0.39, 0.29) is 19.0 Å². The van der Waals surface area contributed by atoms with Gasteiger partial charge in [0.2, 0.25) is 0 Å². The Morgan fingerprint density at radius 2 is 1.79 bits per heavy atom. The number of esters is 1. The summed E-state index contributed by atoms with van der Waals surface area (Å²) in [5.74, 6) is -0.483. The molecule has 0 N–H and O–H groups in total. The van der Waals surface area contributed by atoms with Crippen LogP contribution in [0, 0.1) is 0 Å². The molecule has 0 radical (unpaired) electrons. The van der Waals surface area contributed by atoms with Gasteiger partial charge in [-0.1, -0.05) is 0 Å². The highest BCUT2D eigenvalue weighted by atomic mass is 32.7. The average Bonchev–Trinajstić information content (AvgIpc) is 2.15. The Morgan fingerprint density at radius 3 is 2.14 bits per heavy atom. The maximum Gasteiger partial charge on any atom is 0.389 e. The van der Waals surface area contributed by atoms with Crippen LogP contribution in [0.5, 0.6) is 0 Å². The zero-order valence-corrected chi connectivity index (χ0v) is 10.2. The molecule has 0 bridgehead atoms. The number of hydrogen-bond acceptors (Lipinski definition) is 6. The van der Waals surface area contributed by atoms with Gasteiger partial charge in [0.15, 0.2) is 0 Å². The molecule has 0 aliphatic rings. The van der Waals surface area contributed by atoms with E-state index < -0.39 is 12.8 Å². The van der Waals surface area contributed by atoms with Gasteiger partial charge in [0, 0.05) is 0 Å². The predicted octanol–water partition coefficient (Wildman–Crippen LogP) is 2.07. The minimum Gasteiger partial charge on any atom is -0.468 e. The van der Waals surface area contributed by atoms with E-state index in [9.17, 15) is 9.36 Å². The average molecular weight is 242 g/mol. The summed E-state index contributed by atoms with van der Waals surface area (Å²) in [7, 11) is 1.27. The first-order valence-electron chi connectivity index (χ1n) is 4.18. The molecule has 5 nitrogen and oxygen atoms in total. The van der Waals surface area contributed by atoms with Gasteiger partial charge in [0.05, 0.1) is 20.3 Å². The molecular weight excluding hydrogens is 227 g/mol. The molecule has 0 aromatic heterocycles. The van der Waals surface area contributed by atoms with Crippen molar-refractivity contribution in [2.24, 2.45) is 0 Å². The maximum atomic E-state index is 11.7. The minimum atomic E-state index is -3.17. The van der Waals surface area contributed by atoms with E-state index in [1.165, 1.54) is 7.11 Å². The van der Waals surface area contributed by atoms with Crippen LogP contribution in [0.4, 0.5) is 0 Å². The molecule has 0 spiro atoms. The van der Waals surface area contributed by atoms with Gasteiger partial charge >= 0.3 is 12.8 Å². The monoisotopic (exact) mass is 242 g/mol. The Kier molecular flexibility index (Phi) is 7.27. The minimum absolute atomic E-state index is 0.0340. The molecule has 0 aliphatic heterocycles. The van der Waals surface area contributed by atoms with E-state index in [4.69, 9.17) is 9.05 Å². The summed E-state index contributed by atoms with van der Waals surface area (Å²) in [5.41, 5.74) is 0. The lowest BCUT2D eigenvalue weighted by Gasteiger charge is -2.14. The lowest BCUT2D eigenvalue weighted by Crippen LogP contribution is -2.04. The van der Waals surface area contributed by atoms with Crippen LogP contribution >= 0.6 is 18.2 Å². The highest BCUT2D eigenvalue weighted by Crippen LogP contribution is 2.60. The highest BCUT2D eigenvalue weighted by Gasteiger charge is 2.25. The molecule has 14 heavy (non-hydrogen) atoms. The lowest BCUT2D eigenvalue weighted by atomic mass is 10.8. The summed E-state index contributed by atoms with van der Waals surface area (Å²) in [6.45, 7) is 0.821. The molecule has 0 amide bonds. The van der Waals surface area contributed by atoms with Crippen LogP contribution in [0.2, 0.25) is 0 Å². The third-order valence-electron chi connectivity index (χ3n) is 1.14. The van der Waals surface area contributed by atoms with Crippen molar-refractivity contribution in [3.63, 3.8) is 0 Å². The molecule has 0 atom stereocenters. The van der Waals surface area contributed by atoms with E-state index in [0.29, 0.717) is 0 Å².